The Hall–Kier alpha value is -2.86. The number of amides is 2. The van der Waals surface area contributed by atoms with Crippen molar-refractivity contribution in [2.75, 3.05) is 30.8 Å². The van der Waals surface area contributed by atoms with Crippen molar-refractivity contribution in [3.63, 3.8) is 0 Å². The smallest absolute Gasteiger partial charge is 0.255 e. The van der Waals surface area contributed by atoms with Gasteiger partial charge in [0, 0.05) is 11.3 Å². The van der Waals surface area contributed by atoms with Crippen LogP contribution in [0, 0.1) is 0 Å². The molecule has 2 amide bonds. The molecule has 1 fully saturated rings. The molecule has 0 aliphatic carbocycles. The molecule has 1 aliphatic rings. The standard InChI is InChI=1S/C23H29N3O3/c1-17(26-15-7-3-4-8-16-26)22(27)24-19-13-11-18(12-14-19)23(28)25-20-9-5-6-10-21(20)29-2/h5-6,9-14,17H,3-4,7-8,15-16H2,1-2H3,(H,24,27)(H,25,28). The highest BCUT2D eigenvalue weighted by atomic mass is 16.5. The highest BCUT2D eigenvalue weighted by Gasteiger charge is 2.22. The Morgan fingerprint density at radius 3 is 2.24 bits per heavy atom. The van der Waals surface area contributed by atoms with E-state index in [0.717, 1.165) is 25.9 Å². The lowest BCUT2D eigenvalue weighted by atomic mass is 10.1. The lowest BCUT2D eigenvalue weighted by Crippen LogP contribution is -2.42. The summed E-state index contributed by atoms with van der Waals surface area (Å²) < 4.78 is 5.26. The van der Waals surface area contributed by atoms with Crippen molar-refractivity contribution in [1.29, 1.82) is 0 Å². The maximum absolute atomic E-state index is 12.6. The number of nitrogens with one attached hydrogen (secondary N) is 2. The quantitative estimate of drug-likeness (QED) is 0.771. The average Bonchev–Trinajstić information content (AvgIpc) is 3.03. The first-order chi connectivity index (χ1) is 14.1. The number of likely N-dealkylation sites (tertiary alicyclic amines) is 1. The van der Waals surface area contributed by atoms with Gasteiger partial charge in [0.15, 0.2) is 0 Å². The Bertz CT molecular complexity index is 828. The summed E-state index contributed by atoms with van der Waals surface area (Å²) in [6.45, 7) is 3.89. The van der Waals surface area contributed by atoms with Crippen LogP contribution in [0.25, 0.3) is 0 Å². The van der Waals surface area contributed by atoms with Crippen LogP contribution in [0.15, 0.2) is 48.5 Å². The van der Waals surface area contributed by atoms with E-state index in [1.807, 2.05) is 19.1 Å². The van der Waals surface area contributed by atoms with Crippen molar-refractivity contribution in [3.8, 4) is 5.75 Å². The summed E-state index contributed by atoms with van der Waals surface area (Å²) in [6, 6.07) is 14.0. The van der Waals surface area contributed by atoms with Crippen LogP contribution in [0.5, 0.6) is 5.75 Å². The summed E-state index contributed by atoms with van der Waals surface area (Å²) in [5.74, 6) is 0.357. The molecule has 1 atom stereocenters. The molecule has 6 nitrogen and oxygen atoms in total. The van der Waals surface area contributed by atoms with E-state index in [1.165, 1.54) is 12.8 Å². The summed E-state index contributed by atoms with van der Waals surface area (Å²) in [6.07, 6.45) is 4.77. The minimum Gasteiger partial charge on any atom is -0.495 e. The summed E-state index contributed by atoms with van der Waals surface area (Å²) >= 11 is 0. The number of benzene rings is 2. The van der Waals surface area contributed by atoms with E-state index in [-0.39, 0.29) is 17.9 Å². The van der Waals surface area contributed by atoms with Gasteiger partial charge in [0.05, 0.1) is 18.8 Å². The fraction of sp³-hybridized carbons (Fsp3) is 0.391. The van der Waals surface area contributed by atoms with Gasteiger partial charge in [-0.3, -0.25) is 14.5 Å². The SMILES string of the molecule is COc1ccccc1NC(=O)c1ccc(NC(=O)C(C)N2CCCCCC2)cc1. The third-order valence-corrected chi connectivity index (χ3v) is 5.34. The lowest BCUT2D eigenvalue weighted by molar-refractivity contribution is -0.120. The number of carbonyl (C=O) groups is 2. The number of nitrogens with zero attached hydrogens (tertiary/aromatic N) is 1. The molecule has 6 heteroatoms. The molecule has 0 radical (unpaired) electrons. The van der Waals surface area contributed by atoms with Gasteiger partial charge in [-0.1, -0.05) is 25.0 Å². The van der Waals surface area contributed by atoms with E-state index in [4.69, 9.17) is 4.74 Å². The molecular formula is C23H29N3O3. The van der Waals surface area contributed by atoms with Crippen LogP contribution in [-0.2, 0) is 4.79 Å². The highest BCUT2D eigenvalue weighted by Crippen LogP contribution is 2.24. The molecule has 2 aromatic rings. The van der Waals surface area contributed by atoms with Gasteiger partial charge in [-0.25, -0.2) is 0 Å². The molecule has 2 aromatic carbocycles. The van der Waals surface area contributed by atoms with Crippen molar-refractivity contribution in [2.45, 2.75) is 38.6 Å². The van der Waals surface area contributed by atoms with Crippen LogP contribution < -0.4 is 15.4 Å². The fourth-order valence-corrected chi connectivity index (χ4v) is 3.54. The monoisotopic (exact) mass is 395 g/mol. The van der Waals surface area contributed by atoms with Crippen molar-refractivity contribution in [1.82, 2.24) is 4.90 Å². The van der Waals surface area contributed by atoms with E-state index in [1.54, 1.807) is 43.5 Å². The Morgan fingerprint density at radius 1 is 0.931 bits per heavy atom. The van der Waals surface area contributed by atoms with Gasteiger partial charge in [0.25, 0.3) is 5.91 Å². The zero-order chi connectivity index (χ0) is 20.6. The first-order valence-corrected chi connectivity index (χ1v) is 10.2. The molecule has 154 valence electrons. The first kappa shape index (κ1) is 20.9. The van der Waals surface area contributed by atoms with Gasteiger partial charge in [-0.2, -0.15) is 0 Å². The topological polar surface area (TPSA) is 70.7 Å². The van der Waals surface area contributed by atoms with Crippen LogP contribution in [0.4, 0.5) is 11.4 Å². The molecular weight excluding hydrogens is 366 g/mol. The molecule has 0 saturated carbocycles. The second-order valence-corrected chi connectivity index (χ2v) is 7.35. The van der Waals surface area contributed by atoms with Crippen molar-refractivity contribution < 1.29 is 14.3 Å². The van der Waals surface area contributed by atoms with E-state index in [2.05, 4.69) is 15.5 Å². The zero-order valence-corrected chi connectivity index (χ0v) is 17.1. The second kappa shape index (κ2) is 10.1. The first-order valence-electron chi connectivity index (χ1n) is 10.2. The van der Waals surface area contributed by atoms with Crippen LogP contribution >= 0.6 is 0 Å². The number of methoxy groups -OCH3 is 1. The van der Waals surface area contributed by atoms with E-state index in [9.17, 15) is 9.59 Å². The second-order valence-electron chi connectivity index (χ2n) is 7.35. The van der Waals surface area contributed by atoms with Crippen molar-refractivity contribution in [2.24, 2.45) is 0 Å². The Balaban J connectivity index is 1.59. The van der Waals surface area contributed by atoms with Crippen LogP contribution in [0.2, 0.25) is 0 Å². The molecule has 1 aliphatic heterocycles. The van der Waals surface area contributed by atoms with Crippen molar-refractivity contribution >= 4 is 23.2 Å². The predicted octanol–water partition coefficient (Wildman–Crippen LogP) is 4.15. The Labute approximate surface area is 172 Å². The van der Waals surface area contributed by atoms with Crippen molar-refractivity contribution in [3.05, 3.63) is 54.1 Å². The van der Waals surface area contributed by atoms with Crippen LogP contribution in [0.3, 0.4) is 0 Å². The highest BCUT2D eigenvalue weighted by molar-refractivity contribution is 6.05. The molecule has 0 bridgehead atoms. The van der Waals surface area contributed by atoms with Crippen LogP contribution in [-0.4, -0.2) is 43.0 Å². The summed E-state index contributed by atoms with van der Waals surface area (Å²) in [5.41, 5.74) is 1.81. The predicted molar refractivity (Wildman–Crippen MR) is 116 cm³/mol. The van der Waals surface area contributed by atoms with Crippen LogP contribution in [0.1, 0.15) is 43.0 Å². The van der Waals surface area contributed by atoms with Gasteiger partial charge in [-0.05, 0) is 69.3 Å². The summed E-state index contributed by atoms with van der Waals surface area (Å²) in [7, 11) is 1.56. The Kier molecular flexibility index (Phi) is 7.25. The molecule has 3 rings (SSSR count). The van der Waals surface area contributed by atoms with Gasteiger partial charge in [0.2, 0.25) is 5.91 Å². The fourth-order valence-electron chi connectivity index (χ4n) is 3.54. The summed E-state index contributed by atoms with van der Waals surface area (Å²) in [4.78, 5) is 27.4. The van der Waals surface area contributed by atoms with Gasteiger partial charge >= 0.3 is 0 Å². The third-order valence-electron chi connectivity index (χ3n) is 5.34. The van der Waals surface area contributed by atoms with Gasteiger partial charge in [0.1, 0.15) is 5.75 Å². The third kappa shape index (κ3) is 5.57. The number of carbonyl (C=O) groups excluding carboxylic acids is 2. The number of anilines is 2. The Morgan fingerprint density at radius 2 is 1.59 bits per heavy atom. The molecule has 1 unspecified atom stereocenters. The summed E-state index contributed by atoms with van der Waals surface area (Å²) in [5, 5.41) is 5.81. The number of rotatable bonds is 6. The molecule has 1 saturated heterocycles. The number of ether oxygens (including phenoxy) is 1. The lowest BCUT2D eigenvalue weighted by Gasteiger charge is -2.26. The minimum atomic E-state index is -0.231. The maximum Gasteiger partial charge on any atom is 0.255 e. The normalized spacial score (nSPS) is 15.8. The van der Waals surface area contributed by atoms with E-state index < -0.39 is 0 Å². The van der Waals surface area contributed by atoms with Gasteiger partial charge < -0.3 is 15.4 Å². The molecule has 1 heterocycles. The molecule has 0 spiro atoms. The molecule has 0 aromatic heterocycles. The van der Waals surface area contributed by atoms with E-state index >= 15 is 0 Å². The largest absolute Gasteiger partial charge is 0.495 e. The van der Waals surface area contributed by atoms with E-state index in [0.29, 0.717) is 22.7 Å². The molecule has 29 heavy (non-hydrogen) atoms. The maximum atomic E-state index is 12.6. The minimum absolute atomic E-state index is 0.0156. The zero-order valence-electron chi connectivity index (χ0n) is 17.1. The number of hydrogen-bond donors (Lipinski definition) is 2. The molecule has 2 N–H and O–H groups in total. The number of para-hydroxylation sites is 2. The number of hydrogen-bond acceptors (Lipinski definition) is 4. The van der Waals surface area contributed by atoms with Gasteiger partial charge in [-0.15, -0.1) is 0 Å². The average molecular weight is 396 g/mol.